The lowest BCUT2D eigenvalue weighted by Crippen LogP contribution is -2.38. The second-order valence-corrected chi connectivity index (χ2v) is 4.81. The molecule has 0 aromatic heterocycles. The lowest BCUT2D eigenvalue weighted by atomic mass is 10.0. The number of nitrogens with one attached hydrogen (secondary N) is 1. The summed E-state index contributed by atoms with van der Waals surface area (Å²) < 4.78 is 0. The Labute approximate surface area is 90.7 Å². The molecule has 0 aromatic rings. The minimum atomic E-state index is -0.733. The second kappa shape index (κ2) is 8.12. The standard InChI is InChI=1S/C10H21NO2S/c1-8(2)7-9(10(12)13)11-5-4-6-14-3/h8-9,11H,4-7H2,1-3H3,(H,12,13). The molecule has 0 aliphatic rings. The molecule has 0 saturated carbocycles. The SMILES string of the molecule is CSCCCNC(CC(C)C)C(=O)O. The zero-order valence-corrected chi connectivity index (χ0v) is 10.1. The molecule has 0 rings (SSSR count). The quantitative estimate of drug-likeness (QED) is 0.611. The summed E-state index contributed by atoms with van der Waals surface area (Å²) in [6, 6.07) is -0.378. The zero-order valence-electron chi connectivity index (χ0n) is 9.25. The van der Waals surface area contributed by atoms with E-state index in [-0.39, 0.29) is 6.04 Å². The highest BCUT2D eigenvalue weighted by atomic mass is 32.2. The lowest BCUT2D eigenvalue weighted by molar-refractivity contribution is -0.139. The molecular weight excluding hydrogens is 198 g/mol. The average molecular weight is 219 g/mol. The van der Waals surface area contributed by atoms with Gasteiger partial charge in [-0.05, 0) is 37.3 Å². The highest BCUT2D eigenvalue weighted by molar-refractivity contribution is 7.98. The number of carboxylic acids is 1. The molecule has 0 aliphatic carbocycles. The van der Waals surface area contributed by atoms with Gasteiger partial charge in [0.25, 0.3) is 0 Å². The van der Waals surface area contributed by atoms with Gasteiger partial charge in [0, 0.05) is 0 Å². The smallest absolute Gasteiger partial charge is 0.320 e. The Morgan fingerprint density at radius 2 is 2.14 bits per heavy atom. The van der Waals surface area contributed by atoms with Gasteiger partial charge in [0.05, 0.1) is 0 Å². The second-order valence-electron chi connectivity index (χ2n) is 3.82. The van der Waals surface area contributed by atoms with E-state index in [0.717, 1.165) is 18.7 Å². The van der Waals surface area contributed by atoms with Gasteiger partial charge in [0.1, 0.15) is 6.04 Å². The predicted molar refractivity (Wildman–Crippen MR) is 61.9 cm³/mol. The van der Waals surface area contributed by atoms with Crippen LogP contribution in [0.3, 0.4) is 0 Å². The summed E-state index contributed by atoms with van der Waals surface area (Å²) >= 11 is 1.79. The van der Waals surface area contributed by atoms with Crippen molar-refractivity contribution in [2.45, 2.75) is 32.7 Å². The highest BCUT2D eigenvalue weighted by Gasteiger charge is 2.17. The maximum Gasteiger partial charge on any atom is 0.320 e. The average Bonchev–Trinajstić information content (AvgIpc) is 2.09. The van der Waals surface area contributed by atoms with E-state index < -0.39 is 5.97 Å². The zero-order chi connectivity index (χ0) is 11.0. The van der Waals surface area contributed by atoms with E-state index in [0.29, 0.717) is 12.3 Å². The summed E-state index contributed by atoms with van der Waals surface area (Å²) in [6.45, 7) is 4.88. The van der Waals surface area contributed by atoms with Gasteiger partial charge < -0.3 is 10.4 Å². The molecule has 0 saturated heterocycles. The van der Waals surface area contributed by atoms with Gasteiger partial charge in [-0.2, -0.15) is 11.8 Å². The third-order valence-corrected chi connectivity index (χ3v) is 2.62. The highest BCUT2D eigenvalue weighted by Crippen LogP contribution is 2.05. The minimum Gasteiger partial charge on any atom is -0.480 e. The maximum atomic E-state index is 10.8. The fraction of sp³-hybridized carbons (Fsp3) is 0.900. The van der Waals surface area contributed by atoms with Gasteiger partial charge in [-0.3, -0.25) is 4.79 Å². The molecule has 4 heteroatoms. The van der Waals surface area contributed by atoms with Gasteiger partial charge in [-0.25, -0.2) is 0 Å². The summed E-state index contributed by atoms with van der Waals surface area (Å²) in [5, 5.41) is 12.0. The van der Waals surface area contributed by atoms with Crippen LogP contribution in [0.25, 0.3) is 0 Å². The summed E-state index contributed by atoms with van der Waals surface area (Å²) in [5.41, 5.74) is 0. The predicted octanol–water partition coefficient (Wildman–Crippen LogP) is 1.83. The molecule has 0 fully saturated rings. The van der Waals surface area contributed by atoms with Crippen molar-refractivity contribution >= 4 is 17.7 Å². The van der Waals surface area contributed by atoms with Crippen molar-refractivity contribution in [3.63, 3.8) is 0 Å². The first-order valence-corrected chi connectivity index (χ1v) is 6.42. The van der Waals surface area contributed by atoms with E-state index in [9.17, 15) is 4.79 Å². The molecule has 84 valence electrons. The van der Waals surface area contributed by atoms with Crippen LogP contribution in [0.5, 0.6) is 0 Å². The minimum absolute atomic E-state index is 0.378. The van der Waals surface area contributed by atoms with Crippen LogP contribution in [0, 0.1) is 5.92 Å². The van der Waals surface area contributed by atoms with E-state index in [1.54, 1.807) is 11.8 Å². The molecule has 1 atom stereocenters. The molecule has 0 bridgehead atoms. The monoisotopic (exact) mass is 219 g/mol. The van der Waals surface area contributed by atoms with Crippen LogP contribution in [0.15, 0.2) is 0 Å². The number of hydrogen-bond donors (Lipinski definition) is 2. The Morgan fingerprint density at radius 1 is 1.50 bits per heavy atom. The summed E-state index contributed by atoms with van der Waals surface area (Å²) in [6.07, 6.45) is 3.79. The van der Waals surface area contributed by atoms with Crippen molar-refractivity contribution in [1.82, 2.24) is 5.32 Å². The van der Waals surface area contributed by atoms with Gasteiger partial charge in [-0.1, -0.05) is 13.8 Å². The largest absolute Gasteiger partial charge is 0.480 e. The number of thioether (sulfide) groups is 1. The molecule has 1 unspecified atom stereocenters. The molecule has 3 nitrogen and oxygen atoms in total. The van der Waals surface area contributed by atoms with Crippen molar-refractivity contribution in [2.75, 3.05) is 18.6 Å². The molecule has 0 aromatic carbocycles. The molecule has 2 N–H and O–H groups in total. The van der Waals surface area contributed by atoms with Crippen LogP contribution in [0.4, 0.5) is 0 Å². The first kappa shape index (κ1) is 13.8. The van der Waals surface area contributed by atoms with E-state index in [2.05, 4.69) is 11.6 Å². The number of rotatable bonds is 8. The van der Waals surface area contributed by atoms with Crippen molar-refractivity contribution in [3.05, 3.63) is 0 Å². The van der Waals surface area contributed by atoms with Gasteiger partial charge in [-0.15, -0.1) is 0 Å². The lowest BCUT2D eigenvalue weighted by Gasteiger charge is -2.16. The molecule has 0 spiro atoms. The first-order chi connectivity index (χ1) is 6.57. The first-order valence-electron chi connectivity index (χ1n) is 5.03. The van der Waals surface area contributed by atoms with Crippen LogP contribution >= 0.6 is 11.8 Å². The number of carbonyl (C=O) groups is 1. The third-order valence-electron chi connectivity index (χ3n) is 1.92. The Hall–Kier alpha value is -0.220. The summed E-state index contributed by atoms with van der Waals surface area (Å²) in [7, 11) is 0. The van der Waals surface area contributed by atoms with E-state index in [1.165, 1.54) is 0 Å². The molecular formula is C10H21NO2S. The van der Waals surface area contributed by atoms with Crippen molar-refractivity contribution in [1.29, 1.82) is 0 Å². The molecule has 0 aliphatic heterocycles. The fourth-order valence-electron chi connectivity index (χ4n) is 1.24. The van der Waals surface area contributed by atoms with Crippen LogP contribution in [0.2, 0.25) is 0 Å². The number of carboxylic acid groups (broad SMARTS) is 1. The maximum absolute atomic E-state index is 10.8. The fourth-order valence-corrected chi connectivity index (χ4v) is 1.67. The normalized spacial score (nSPS) is 13.1. The van der Waals surface area contributed by atoms with E-state index in [1.807, 2.05) is 13.8 Å². The van der Waals surface area contributed by atoms with Crippen LogP contribution in [-0.2, 0) is 4.79 Å². The van der Waals surface area contributed by atoms with Gasteiger partial charge in [0.15, 0.2) is 0 Å². The van der Waals surface area contributed by atoms with Gasteiger partial charge >= 0.3 is 5.97 Å². The third kappa shape index (κ3) is 7.21. The van der Waals surface area contributed by atoms with E-state index in [4.69, 9.17) is 5.11 Å². The van der Waals surface area contributed by atoms with Crippen LogP contribution < -0.4 is 5.32 Å². The summed E-state index contributed by atoms with van der Waals surface area (Å²) in [5.74, 6) is 0.771. The van der Waals surface area contributed by atoms with Crippen molar-refractivity contribution in [2.24, 2.45) is 5.92 Å². The van der Waals surface area contributed by atoms with E-state index >= 15 is 0 Å². The van der Waals surface area contributed by atoms with Crippen molar-refractivity contribution < 1.29 is 9.90 Å². The number of aliphatic carboxylic acids is 1. The number of hydrogen-bond acceptors (Lipinski definition) is 3. The molecule has 0 heterocycles. The molecule has 14 heavy (non-hydrogen) atoms. The summed E-state index contributed by atoms with van der Waals surface area (Å²) in [4.78, 5) is 10.8. The Kier molecular flexibility index (Phi) is 7.99. The topological polar surface area (TPSA) is 49.3 Å². The molecule has 0 radical (unpaired) electrons. The Morgan fingerprint density at radius 3 is 2.57 bits per heavy atom. The molecule has 0 amide bonds. The Balaban J connectivity index is 3.68. The van der Waals surface area contributed by atoms with Crippen LogP contribution in [0.1, 0.15) is 26.7 Å². The van der Waals surface area contributed by atoms with Crippen LogP contribution in [-0.4, -0.2) is 35.7 Å². The Bertz CT molecular complexity index is 162. The van der Waals surface area contributed by atoms with Crippen molar-refractivity contribution in [3.8, 4) is 0 Å². The van der Waals surface area contributed by atoms with Gasteiger partial charge in [0.2, 0.25) is 0 Å².